The number of benzene rings is 2. The molecule has 3 aromatic rings. The van der Waals surface area contributed by atoms with Crippen LogP contribution in [-0.4, -0.2) is 63.3 Å². The molecule has 1 aliphatic rings. The van der Waals surface area contributed by atoms with Gasteiger partial charge in [0, 0.05) is 44.0 Å². The predicted molar refractivity (Wildman–Crippen MR) is 129 cm³/mol. The van der Waals surface area contributed by atoms with Gasteiger partial charge in [-0.2, -0.15) is 0 Å². The number of rotatable bonds is 8. The van der Waals surface area contributed by atoms with Crippen molar-refractivity contribution < 1.29 is 9.66 Å². The van der Waals surface area contributed by atoms with Gasteiger partial charge < -0.3 is 9.64 Å². The zero-order chi connectivity index (χ0) is 24.3. The van der Waals surface area contributed by atoms with Crippen LogP contribution in [0.25, 0.3) is 0 Å². The van der Waals surface area contributed by atoms with E-state index in [9.17, 15) is 10.1 Å². The van der Waals surface area contributed by atoms with Crippen molar-refractivity contribution in [3.05, 3.63) is 70.0 Å². The van der Waals surface area contributed by atoms with Crippen LogP contribution in [0.15, 0.2) is 48.5 Å². The Hall–Kier alpha value is -3.53. The quantitative estimate of drug-likeness (QED) is 0.367. The number of nitro groups is 1. The zero-order valence-electron chi connectivity index (χ0n) is 20.1. The summed E-state index contributed by atoms with van der Waals surface area (Å²) in [4.78, 5) is 15.3. The predicted octanol–water partition coefficient (Wildman–Crippen LogP) is 3.65. The van der Waals surface area contributed by atoms with Crippen LogP contribution in [0.2, 0.25) is 0 Å². The second-order valence-electron chi connectivity index (χ2n) is 9.09. The first-order valence-corrected chi connectivity index (χ1v) is 11.5. The third-order valence-electron chi connectivity index (χ3n) is 6.71. The molecule has 2 heterocycles. The van der Waals surface area contributed by atoms with Gasteiger partial charge >= 0.3 is 0 Å². The Morgan fingerprint density at radius 2 is 1.71 bits per heavy atom. The normalized spacial score (nSPS) is 15.8. The minimum absolute atomic E-state index is 0.104. The molecule has 180 valence electrons. The van der Waals surface area contributed by atoms with E-state index in [1.165, 1.54) is 0 Å². The number of anilines is 1. The Bertz CT molecular complexity index is 1100. The lowest BCUT2D eigenvalue weighted by Gasteiger charge is -2.40. The summed E-state index contributed by atoms with van der Waals surface area (Å²) in [5.74, 6) is 1.62. The van der Waals surface area contributed by atoms with E-state index in [0.717, 1.165) is 55.4 Å². The summed E-state index contributed by atoms with van der Waals surface area (Å²) in [5, 5.41) is 23.9. The molecule has 0 bridgehead atoms. The van der Waals surface area contributed by atoms with Crippen molar-refractivity contribution >= 4 is 11.4 Å². The van der Waals surface area contributed by atoms with Crippen molar-refractivity contribution in [3.63, 3.8) is 0 Å². The molecule has 1 aliphatic heterocycles. The number of piperazine rings is 1. The van der Waals surface area contributed by atoms with Gasteiger partial charge in [0.1, 0.15) is 5.75 Å². The van der Waals surface area contributed by atoms with Gasteiger partial charge in [0.15, 0.2) is 5.82 Å². The maximum Gasteiger partial charge on any atom is 0.269 e. The van der Waals surface area contributed by atoms with Crippen molar-refractivity contribution in [1.82, 2.24) is 25.1 Å². The second-order valence-corrected chi connectivity index (χ2v) is 9.09. The number of tetrazole rings is 1. The molecule has 0 spiro atoms. The zero-order valence-corrected chi connectivity index (χ0v) is 20.1. The number of methoxy groups -OCH3 is 1. The highest BCUT2D eigenvalue weighted by atomic mass is 16.6. The number of hydrogen-bond acceptors (Lipinski definition) is 8. The highest BCUT2D eigenvalue weighted by Gasteiger charge is 2.34. The summed E-state index contributed by atoms with van der Waals surface area (Å²) >= 11 is 0. The van der Waals surface area contributed by atoms with Crippen molar-refractivity contribution in [2.24, 2.45) is 0 Å². The molecule has 34 heavy (non-hydrogen) atoms. The van der Waals surface area contributed by atoms with E-state index in [1.807, 2.05) is 28.9 Å². The van der Waals surface area contributed by atoms with Gasteiger partial charge in [-0.1, -0.05) is 19.1 Å². The Labute approximate surface area is 199 Å². The van der Waals surface area contributed by atoms with Crippen LogP contribution in [0, 0.1) is 10.1 Å². The molecule has 2 aromatic carbocycles. The molecular formula is C24H31N7O3. The van der Waals surface area contributed by atoms with Gasteiger partial charge in [-0.3, -0.25) is 15.0 Å². The first kappa shape index (κ1) is 23.6. The fourth-order valence-electron chi connectivity index (χ4n) is 4.28. The van der Waals surface area contributed by atoms with Gasteiger partial charge in [0.2, 0.25) is 0 Å². The van der Waals surface area contributed by atoms with Crippen LogP contribution in [0.5, 0.6) is 5.75 Å². The minimum atomic E-state index is -0.372. The standard InChI is InChI=1S/C24H31N7O3/c1-5-24(2,3)30-23(25-26-27-30)22(18-6-12-21(34-4)13-7-18)29-16-14-28(15-17-29)19-8-10-20(11-9-19)31(32)33/h6-13,22H,5,14-17H2,1-4H3/t22-/m0/s1. The van der Waals surface area contributed by atoms with E-state index in [1.54, 1.807) is 19.2 Å². The summed E-state index contributed by atoms with van der Waals surface area (Å²) in [6.07, 6.45) is 0.897. The smallest absolute Gasteiger partial charge is 0.269 e. The van der Waals surface area contributed by atoms with Crippen LogP contribution in [0.3, 0.4) is 0 Å². The Kier molecular flexibility index (Phi) is 6.78. The van der Waals surface area contributed by atoms with Crippen LogP contribution in [0.4, 0.5) is 11.4 Å². The van der Waals surface area contributed by atoms with Crippen LogP contribution in [-0.2, 0) is 5.54 Å². The number of ether oxygens (including phenoxy) is 1. The van der Waals surface area contributed by atoms with Crippen LogP contribution < -0.4 is 9.64 Å². The maximum atomic E-state index is 11.0. The van der Waals surface area contributed by atoms with E-state index < -0.39 is 0 Å². The number of nitro benzene ring substituents is 1. The third-order valence-corrected chi connectivity index (χ3v) is 6.71. The molecule has 10 nitrogen and oxygen atoms in total. The molecule has 1 aromatic heterocycles. The Morgan fingerprint density at radius 3 is 2.26 bits per heavy atom. The fraction of sp³-hybridized carbons (Fsp3) is 0.458. The Balaban J connectivity index is 1.61. The average Bonchev–Trinajstić information content (AvgIpc) is 3.35. The maximum absolute atomic E-state index is 11.0. The number of aromatic nitrogens is 4. The largest absolute Gasteiger partial charge is 0.497 e. The summed E-state index contributed by atoms with van der Waals surface area (Å²) in [6.45, 7) is 9.61. The van der Waals surface area contributed by atoms with Crippen molar-refractivity contribution in [3.8, 4) is 5.75 Å². The van der Waals surface area contributed by atoms with E-state index in [4.69, 9.17) is 4.74 Å². The first-order valence-electron chi connectivity index (χ1n) is 11.5. The van der Waals surface area contributed by atoms with Gasteiger partial charge in [-0.25, -0.2) is 4.68 Å². The van der Waals surface area contributed by atoms with E-state index in [2.05, 4.69) is 58.2 Å². The first-order chi connectivity index (χ1) is 16.3. The SMILES string of the molecule is CCC(C)(C)n1nnnc1[C@H](c1ccc(OC)cc1)N1CCN(c2ccc([N+](=O)[O-])cc2)CC1. The molecule has 1 saturated heterocycles. The summed E-state index contributed by atoms with van der Waals surface area (Å²) in [6, 6.07) is 14.7. The Morgan fingerprint density at radius 1 is 1.06 bits per heavy atom. The van der Waals surface area contributed by atoms with Crippen LogP contribution >= 0.6 is 0 Å². The molecule has 1 fully saturated rings. The lowest BCUT2D eigenvalue weighted by Crippen LogP contribution is -2.48. The molecule has 0 unspecified atom stereocenters. The van der Waals surface area contributed by atoms with Gasteiger partial charge in [-0.15, -0.1) is 5.10 Å². The van der Waals surface area contributed by atoms with E-state index in [0.29, 0.717) is 0 Å². The third kappa shape index (κ3) is 4.72. The molecule has 10 heteroatoms. The average molecular weight is 466 g/mol. The highest BCUT2D eigenvalue weighted by Crippen LogP contribution is 2.33. The number of hydrogen-bond donors (Lipinski definition) is 0. The summed E-state index contributed by atoms with van der Waals surface area (Å²) in [5.41, 5.74) is 1.98. The molecule has 0 N–H and O–H groups in total. The van der Waals surface area contributed by atoms with Gasteiger partial charge in [-0.05, 0) is 60.5 Å². The molecule has 0 aliphatic carbocycles. The monoisotopic (exact) mass is 465 g/mol. The number of nitrogens with zero attached hydrogens (tertiary/aromatic N) is 7. The molecule has 1 atom stereocenters. The highest BCUT2D eigenvalue weighted by molar-refractivity contribution is 5.51. The molecule has 4 rings (SSSR count). The topological polar surface area (TPSA) is 102 Å². The molecular weight excluding hydrogens is 434 g/mol. The van der Waals surface area contributed by atoms with Gasteiger partial charge in [0.05, 0.1) is 23.6 Å². The fourth-order valence-corrected chi connectivity index (χ4v) is 4.28. The number of non-ortho nitro benzene ring substituents is 1. The van der Waals surface area contributed by atoms with Gasteiger partial charge in [0.25, 0.3) is 5.69 Å². The lowest BCUT2D eigenvalue weighted by molar-refractivity contribution is -0.384. The van der Waals surface area contributed by atoms with Crippen molar-refractivity contribution in [1.29, 1.82) is 0 Å². The van der Waals surface area contributed by atoms with Crippen LogP contribution in [0.1, 0.15) is 44.6 Å². The minimum Gasteiger partial charge on any atom is -0.497 e. The summed E-state index contributed by atoms with van der Waals surface area (Å²) < 4.78 is 7.31. The lowest BCUT2D eigenvalue weighted by atomic mass is 9.99. The molecule has 0 saturated carbocycles. The second kappa shape index (κ2) is 9.76. The van der Waals surface area contributed by atoms with E-state index in [-0.39, 0.29) is 22.2 Å². The summed E-state index contributed by atoms with van der Waals surface area (Å²) in [7, 11) is 1.66. The molecule has 0 amide bonds. The van der Waals surface area contributed by atoms with Crippen molar-refractivity contribution in [2.75, 3.05) is 38.2 Å². The van der Waals surface area contributed by atoms with Crippen molar-refractivity contribution in [2.45, 2.75) is 38.8 Å². The van der Waals surface area contributed by atoms with E-state index >= 15 is 0 Å². The molecule has 0 radical (unpaired) electrons.